The first-order valence-electron chi connectivity index (χ1n) is 7.91. The van der Waals surface area contributed by atoms with Gasteiger partial charge in [-0.1, -0.05) is 60.7 Å². The van der Waals surface area contributed by atoms with Gasteiger partial charge in [0.2, 0.25) is 0 Å². The number of rotatable bonds is 9. The van der Waals surface area contributed by atoms with Gasteiger partial charge in [0.1, 0.15) is 0 Å². The zero-order chi connectivity index (χ0) is 16.5. The van der Waals surface area contributed by atoms with E-state index in [-0.39, 0.29) is 11.6 Å². The lowest BCUT2D eigenvalue weighted by Crippen LogP contribution is -2.24. The van der Waals surface area contributed by atoms with Crippen molar-refractivity contribution in [2.24, 2.45) is 5.92 Å². The molecule has 2 rings (SSSR count). The van der Waals surface area contributed by atoms with Crippen LogP contribution in [0.25, 0.3) is 0 Å². The Balaban J connectivity index is 2.17. The highest BCUT2D eigenvalue weighted by Gasteiger charge is 2.27. The van der Waals surface area contributed by atoms with Gasteiger partial charge in [0, 0.05) is 24.8 Å². The molecule has 0 heterocycles. The Kier molecular flexibility index (Phi) is 6.70. The normalized spacial score (nSPS) is 10.7. The predicted octanol–water partition coefficient (Wildman–Crippen LogP) is 4.19. The van der Waals surface area contributed by atoms with Crippen LogP contribution in [-0.2, 0) is 4.74 Å². The van der Waals surface area contributed by atoms with Gasteiger partial charge >= 0.3 is 0 Å². The molecule has 0 N–H and O–H groups in total. The number of carbonyl (C=O) groups is 2. The van der Waals surface area contributed by atoms with E-state index in [4.69, 9.17) is 4.74 Å². The highest BCUT2D eigenvalue weighted by molar-refractivity contribution is 6.16. The van der Waals surface area contributed by atoms with Crippen LogP contribution in [0.4, 0.5) is 0 Å². The molecule has 0 aliphatic carbocycles. The molecule has 0 atom stereocenters. The third kappa shape index (κ3) is 4.86. The molecule has 0 unspecified atom stereocenters. The summed E-state index contributed by atoms with van der Waals surface area (Å²) in [6, 6.07) is 18.1. The first-order valence-corrected chi connectivity index (χ1v) is 7.91. The highest BCUT2D eigenvalue weighted by Crippen LogP contribution is 2.20. The SMILES string of the molecule is COCCCCC(C(=O)c1ccccc1)C(=O)c1ccccc1. The van der Waals surface area contributed by atoms with Crippen molar-refractivity contribution in [3.8, 4) is 0 Å². The van der Waals surface area contributed by atoms with Crippen molar-refractivity contribution in [1.29, 1.82) is 0 Å². The molecule has 120 valence electrons. The number of hydrogen-bond donors (Lipinski definition) is 0. The molecule has 3 heteroatoms. The molecule has 0 radical (unpaired) electrons. The Hall–Kier alpha value is -2.26. The van der Waals surface area contributed by atoms with E-state index in [0.717, 1.165) is 12.8 Å². The van der Waals surface area contributed by atoms with Crippen molar-refractivity contribution < 1.29 is 14.3 Å². The highest BCUT2D eigenvalue weighted by atomic mass is 16.5. The Morgan fingerprint density at radius 1 is 0.826 bits per heavy atom. The van der Waals surface area contributed by atoms with E-state index >= 15 is 0 Å². The summed E-state index contributed by atoms with van der Waals surface area (Å²) in [4.78, 5) is 25.5. The number of carbonyl (C=O) groups excluding carboxylic acids is 2. The largest absolute Gasteiger partial charge is 0.385 e. The number of ketones is 2. The van der Waals surface area contributed by atoms with Gasteiger partial charge in [0.15, 0.2) is 11.6 Å². The first-order chi connectivity index (χ1) is 11.2. The van der Waals surface area contributed by atoms with Gasteiger partial charge in [0.05, 0.1) is 5.92 Å². The third-order valence-electron chi connectivity index (χ3n) is 3.84. The maximum Gasteiger partial charge on any atom is 0.173 e. The molecule has 23 heavy (non-hydrogen) atoms. The molecular formula is C20H22O3. The molecule has 0 aliphatic rings. The average molecular weight is 310 g/mol. The van der Waals surface area contributed by atoms with E-state index in [1.165, 1.54) is 0 Å². The maximum absolute atomic E-state index is 12.8. The Labute approximate surface area is 137 Å². The molecule has 0 aliphatic heterocycles. The Bertz CT molecular complexity index is 568. The minimum atomic E-state index is -0.628. The number of methoxy groups -OCH3 is 1. The van der Waals surface area contributed by atoms with Crippen LogP contribution in [0.2, 0.25) is 0 Å². The smallest absolute Gasteiger partial charge is 0.173 e. The minimum Gasteiger partial charge on any atom is -0.385 e. The van der Waals surface area contributed by atoms with Crippen LogP contribution in [0.15, 0.2) is 60.7 Å². The summed E-state index contributed by atoms with van der Waals surface area (Å²) in [7, 11) is 1.65. The summed E-state index contributed by atoms with van der Waals surface area (Å²) < 4.78 is 5.04. The number of benzene rings is 2. The quantitative estimate of drug-likeness (QED) is 0.396. The molecule has 0 saturated heterocycles. The molecular weight excluding hydrogens is 288 g/mol. The summed E-state index contributed by atoms with van der Waals surface area (Å²) in [5.41, 5.74) is 1.18. The predicted molar refractivity (Wildman–Crippen MR) is 90.8 cm³/mol. The van der Waals surface area contributed by atoms with Gasteiger partial charge in [-0.05, 0) is 19.3 Å². The van der Waals surface area contributed by atoms with Crippen LogP contribution < -0.4 is 0 Å². The van der Waals surface area contributed by atoms with E-state index in [1.807, 2.05) is 36.4 Å². The van der Waals surface area contributed by atoms with Crippen molar-refractivity contribution in [1.82, 2.24) is 0 Å². The van der Waals surface area contributed by atoms with Crippen LogP contribution in [0.1, 0.15) is 40.0 Å². The molecule has 0 fully saturated rings. The van der Waals surface area contributed by atoms with Gasteiger partial charge in [0.25, 0.3) is 0 Å². The zero-order valence-electron chi connectivity index (χ0n) is 13.4. The van der Waals surface area contributed by atoms with Crippen LogP contribution >= 0.6 is 0 Å². The molecule has 2 aromatic carbocycles. The molecule has 0 aromatic heterocycles. The topological polar surface area (TPSA) is 43.4 Å². The van der Waals surface area contributed by atoms with Gasteiger partial charge in [-0.15, -0.1) is 0 Å². The van der Waals surface area contributed by atoms with Gasteiger partial charge in [-0.3, -0.25) is 9.59 Å². The van der Waals surface area contributed by atoms with Crippen molar-refractivity contribution >= 4 is 11.6 Å². The van der Waals surface area contributed by atoms with Crippen LogP contribution in [0, 0.1) is 5.92 Å². The maximum atomic E-state index is 12.8. The van der Waals surface area contributed by atoms with E-state index in [2.05, 4.69) is 0 Å². The first kappa shape index (κ1) is 17.1. The van der Waals surface area contributed by atoms with E-state index < -0.39 is 5.92 Å². The molecule has 2 aromatic rings. The number of hydrogen-bond acceptors (Lipinski definition) is 3. The fraction of sp³-hybridized carbons (Fsp3) is 0.300. The summed E-state index contributed by atoms with van der Waals surface area (Å²) in [6.45, 7) is 0.645. The lowest BCUT2D eigenvalue weighted by atomic mass is 9.86. The molecule has 0 bridgehead atoms. The molecule has 0 spiro atoms. The van der Waals surface area contributed by atoms with Gasteiger partial charge in [-0.2, -0.15) is 0 Å². The lowest BCUT2D eigenvalue weighted by Gasteiger charge is -2.15. The van der Waals surface area contributed by atoms with Crippen LogP contribution in [-0.4, -0.2) is 25.3 Å². The van der Waals surface area contributed by atoms with Gasteiger partial charge < -0.3 is 4.74 Å². The van der Waals surface area contributed by atoms with Crippen LogP contribution in [0.3, 0.4) is 0 Å². The summed E-state index contributed by atoms with van der Waals surface area (Å²) in [6.07, 6.45) is 2.18. The van der Waals surface area contributed by atoms with Crippen molar-refractivity contribution in [3.63, 3.8) is 0 Å². The van der Waals surface area contributed by atoms with Crippen molar-refractivity contribution in [2.75, 3.05) is 13.7 Å². The van der Waals surface area contributed by atoms with Crippen molar-refractivity contribution in [3.05, 3.63) is 71.8 Å². The molecule has 3 nitrogen and oxygen atoms in total. The Morgan fingerprint density at radius 2 is 1.30 bits per heavy atom. The number of Topliss-reactive ketones (excluding diaryl/α,β-unsaturated/α-hetero) is 2. The van der Waals surface area contributed by atoms with E-state index in [1.54, 1.807) is 31.4 Å². The standard InChI is InChI=1S/C20H22O3/c1-23-15-9-8-14-18(19(21)16-10-4-2-5-11-16)20(22)17-12-6-3-7-13-17/h2-7,10-13,18H,8-9,14-15H2,1H3. The fourth-order valence-electron chi connectivity index (χ4n) is 2.58. The summed E-state index contributed by atoms with van der Waals surface area (Å²) in [5.74, 6) is -0.828. The second-order valence-electron chi connectivity index (χ2n) is 5.50. The third-order valence-corrected chi connectivity index (χ3v) is 3.84. The summed E-state index contributed by atoms with van der Waals surface area (Å²) >= 11 is 0. The van der Waals surface area contributed by atoms with Gasteiger partial charge in [-0.25, -0.2) is 0 Å². The lowest BCUT2D eigenvalue weighted by molar-refractivity contribution is 0.0794. The number of ether oxygens (including phenoxy) is 1. The summed E-state index contributed by atoms with van der Waals surface area (Å²) in [5, 5.41) is 0. The van der Waals surface area contributed by atoms with E-state index in [0.29, 0.717) is 24.2 Å². The van der Waals surface area contributed by atoms with E-state index in [9.17, 15) is 9.59 Å². The van der Waals surface area contributed by atoms with Crippen LogP contribution in [0.5, 0.6) is 0 Å². The zero-order valence-corrected chi connectivity index (χ0v) is 13.4. The molecule has 0 amide bonds. The van der Waals surface area contributed by atoms with Crippen molar-refractivity contribution in [2.45, 2.75) is 19.3 Å². The average Bonchev–Trinajstić information content (AvgIpc) is 2.62. The second kappa shape index (κ2) is 9.01. The molecule has 0 saturated carbocycles. The monoisotopic (exact) mass is 310 g/mol. The Morgan fingerprint density at radius 3 is 1.74 bits per heavy atom. The fourth-order valence-corrected chi connectivity index (χ4v) is 2.58. The minimum absolute atomic E-state index is 0.100. The second-order valence-corrected chi connectivity index (χ2v) is 5.50. The number of unbranched alkanes of at least 4 members (excludes halogenated alkanes) is 1.